The molecule has 3 aromatic carbocycles. The van der Waals surface area contributed by atoms with Crippen LogP contribution in [0.4, 0.5) is 5.69 Å². The molecule has 0 saturated heterocycles. The third-order valence-electron chi connectivity index (χ3n) is 4.17. The van der Waals surface area contributed by atoms with Gasteiger partial charge in [-0.15, -0.1) is 0 Å². The minimum Gasteiger partial charge on any atom is -0.457 e. The molecule has 0 aliphatic heterocycles. The van der Waals surface area contributed by atoms with Crippen LogP contribution in [0, 0.1) is 6.57 Å². The summed E-state index contributed by atoms with van der Waals surface area (Å²) in [5, 5.41) is 2.29. The summed E-state index contributed by atoms with van der Waals surface area (Å²) >= 11 is 1.54. The Balaban J connectivity index is 2.03. The van der Waals surface area contributed by atoms with Gasteiger partial charge in [-0.3, -0.25) is 0 Å². The Labute approximate surface area is 176 Å². The number of thioether (sulfide) groups is 1. The second-order valence-corrected chi connectivity index (χ2v) is 9.00. The first-order valence-corrected chi connectivity index (χ1v) is 10.2. The van der Waals surface area contributed by atoms with Gasteiger partial charge in [-0.2, -0.15) is 0 Å². The van der Waals surface area contributed by atoms with E-state index >= 15 is 0 Å². The number of carbonyl (C=O) groups is 1. The van der Waals surface area contributed by atoms with E-state index in [1.807, 2.05) is 64.1 Å². The third-order valence-corrected chi connectivity index (χ3v) is 5.17. The first kappa shape index (κ1) is 20.7. The zero-order valence-corrected chi connectivity index (χ0v) is 17.8. The number of hydrogen-bond donors (Lipinski definition) is 0. The number of esters is 1. The lowest BCUT2D eigenvalue weighted by atomic mass is 9.98. The summed E-state index contributed by atoms with van der Waals surface area (Å²) in [6, 6.07) is 20.0. The predicted molar refractivity (Wildman–Crippen MR) is 121 cm³/mol. The normalized spacial score (nSPS) is 11.9. The highest BCUT2D eigenvalue weighted by molar-refractivity contribution is 8.03. The second kappa shape index (κ2) is 8.55. The van der Waals surface area contributed by atoms with Gasteiger partial charge in [0.25, 0.3) is 0 Å². The Kier molecular flexibility index (Phi) is 6.10. The predicted octanol–water partition coefficient (Wildman–Crippen LogP) is 7.40. The first-order valence-electron chi connectivity index (χ1n) is 9.35. The van der Waals surface area contributed by atoms with Crippen molar-refractivity contribution in [3.63, 3.8) is 0 Å². The maximum Gasteiger partial charge on any atom is 0.332 e. The van der Waals surface area contributed by atoms with Crippen molar-refractivity contribution in [3.8, 4) is 11.1 Å². The van der Waals surface area contributed by atoms with Crippen LogP contribution in [-0.2, 0) is 9.53 Å². The maximum absolute atomic E-state index is 12.2. The lowest BCUT2D eigenvalue weighted by Crippen LogP contribution is -2.22. The summed E-state index contributed by atoms with van der Waals surface area (Å²) in [6.45, 7) is 14.7. The Morgan fingerprint density at radius 3 is 2.38 bits per heavy atom. The van der Waals surface area contributed by atoms with Gasteiger partial charge in [-0.1, -0.05) is 66.4 Å². The summed E-state index contributed by atoms with van der Waals surface area (Å²) in [4.78, 5) is 17.5. The molecular weight excluding hydrogens is 378 g/mol. The van der Waals surface area contributed by atoms with Crippen molar-refractivity contribution in [2.75, 3.05) is 0 Å². The van der Waals surface area contributed by atoms with Crippen LogP contribution < -0.4 is 0 Å². The van der Waals surface area contributed by atoms with E-state index in [0.29, 0.717) is 5.69 Å². The molecule has 29 heavy (non-hydrogen) atoms. The molecule has 3 nitrogen and oxygen atoms in total. The molecule has 0 radical (unpaired) electrons. The average Bonchev–Trinajstić information content (AvgIpc) is 2.66. The van der Waals surface area contributed by atoms with E-state index in [0.717, 1.165) is 31.7 Å². The van der Waals surface area contributed by atoms with Gasteiger partial charge in [0.1, 0.15) is 5.60 Å². The second-order valence-electron chi connectivity index (χ2n) is 7.71. The van der Waals surface area contributed by atoms with Gasteiger partial charge in [0.05, 0.1) is 6.57 Å². The standard InChI is InChI=1S/C25H23NO2S/c1-17(16-23(27)28-25(2,3)4)29-22-15-12-18-8-6-7-9-21(18)24(22)19-10-13-20(26-5)14-11-19/h6-16H,1-4H3/b17-16+. The van der Waals surface area contributed by atoms with Crippen LogP contribution >= 0.6 is 11.8 Å². The molecule has 0 fully saturated rings. The molecule has 0 unspecified atom stereocenters. The van der Waals surface area contributed by atoms with Crippen molar-refractivity contribution in [2.45, 2.75) is 38.2 Å². The topological polar surface area (TPSA) is 30.7 Å². The average molecular weight is 402 g/mol. The van der Waals surface area contributed by atoms with Crippen LogP contribution in [0.5, 0.6) is 0 Å². The summed E-state index contributed by atoms with van der Waals surface area (Å²) in [5.74, 6) is -0.341. The molecule has 4 heteroatoms. The van der Waals surface area contributed by atoms with Crippen LogP contribution in [0.1, 0.15) is 27.7 Å². The maximum atomic E-state index is 12.2. The van der Waals surface area contributed by atoms with Crippen molar-refractivity contribution >= 4 is 34.2 Å². The minimum atomic E-state index is -0.517. The molecule has 0 heterocycles. The molecule has 0 N–H and O–H groups in total. The lowest BCUT2D eigenvalue weighted by Gasteiger charge is -2.18. The molecule has 0 aliphatic rings. The largest absolute Gasteiger partial charge is 0.457 e. The van der Waals surface area contributed by atoms with E-state index in [4.69, 9.17) is 11.3 Å². The Bertz CT molecular complexity index is 1120. The fourth-order valence-corrected chi connectivity index (χ4v) is 4.01. The number of rotatable bonds is 4. The molecule has 0 saturated carbocycles. The quantitative estimate of drug-likeness (QED) is 0.197. The molecule has 0 atom stereocenters. The van der Waals surface area contributed by atoms with Gasteiger partial charge < -0.3 is 4.74 Å². The van der Waals surface area contributed by atoms with E-state index in [-0.39, 0.29) is 5.97 Å². The van der Waals surface area contributed by atoms with Crippen LogP contribution in [0.3, 0.4) is 0 Å². The van der Waals surface area contributed by atoms with Crippen molar-refractivity contribution < 1.29 is 9.53 Å². The van der Waals surface area contributed by atoms with Crippen molar-refractivity contribution in [3.05, 3.63) is 83.1 Å². The number of fused-ring (bicyclic) bond motifs is 1. The highest BCUT2D eigenvalue weighted by Gasteiger charge is 2.16. The summed E-state index contributed by atoms with van der Waals surface area (Å²) in [7, 11) is 0. The molecule has 3 rings (SSSR count). The van der Waals surface area contributed by atoms with Gasteiger partial charge in [0.2, 0.25) is 0 Å². The number of hydrogen-bond acceptors (Lipinski definition) is 3. The van der Waals surface area contributed by atoms with Gasteiger partial charge in [-0.05, 0) is 55.0 Å². The number of nitrogens with zero attached hydrogens (tertiary/aromatic N) is 1. The highest BCUT2D eigenvalue weighted by Crippen LogP contribution is 2.40. The van der Waals surface area contributed by atoms with E-state index in [1.54, 1.807) is 11.8 Å². The SMILES string of the molecule is [C-]#[N+]c1ccc(-c2c(S/C(C)=C/C(=O)OC(C)(C)C)ccc3ccccc23)cc1. The van der Waals surface area contributed by atoms with Crippen LogP contribution in [0.25, 0.3) is 26.7 Å². The fourth-order valence-electron chi connectivity index (χ4n) is 3.04. The Morgan fingerprint density at radius 2 is 1.72 bits per heavy atom. The Morgan fingerprint density at radius 1 is 1.03 bits per heavy atom. The van der Waals surface area contributed by atoms with Crippen LogP contribution in [0.2, 0.25) is 0 Å². The zero-order chi connectivity index (χ0) is 21.0. The summed E-state index contributed by atoms with van der Waals surface area (Å²) < 4.78 is 5.40. The van der Waals surface area contributed by atoms with E-state index in [1.165, 1.54) is 6.08 Å². The van der Waals surface area contributed by atoms with E-state index in [9.17, 15) is 4.79 Å². The third kappa shape index (κ3) is 5.28. The van der Waals surface area contributed by atoms with Crippen LogP contribution in [-0.4, -0.2) is 11.6 Å². The van der Waals surface area contributed by atoms with Crippen molar-refractivity contribution in [2.24, 2.45) is 0 Å². The zero-order valence-electron chi connectivity index (χ0n) is 17.0. The molecule has 3 aromatic rings. The fraction of sp³-hybridized carbons (Fsp3) is 0.200. The van der Waals surface area contributed by atoms with Gasteiger partial charge in [-0.25, -0.2) is 9.64 Å². The highest BCUT2D eigenvalue weighted by atomic mass is 32.2. The molecule has 146 valence electrons. The minimum absolute atomic E-state index is 0.341. The first-order chi connectivity index (χ1) is 13.8. The monoisotopic (exact) mass is 401 g/mol. The van der Waals surface area contributed by atoms with Gasteiger partial charge >= 0.3 is 5.97 Å². The molecule has 0 aliphatic carbocycles. The number of carbonyl (C=O) groups excluding carboxylic acids is 1. The number of allylic oxidation sites excluding steroid dienone is 1. The molecule has 0 aromatic heterocycles. The molecule has 0 amide bonds. The van der Waals surface area contributed by atoms with Gasteiger partial charge in [0, 0.05) is 16.5 Å². The van der Waals surface area contributed by atoms with E-state index < -0.39 is 5.60 Å². The van der Waals surface area contributed by atoms with Gasteiger partial charge in [0.15, 0.2) is 5.69 Å². The lowest BCUT2D eigenvalue weighted by molar-refractivity contribution is -0.148. The molecule has 0 bridgehead atoms. The van der Waals surface area contributed by atoms with Crippen molar-refractivity contribution in [1.82, 2.24) is 0 Å². The van der Waals surface area contributed by atoms with Crippen LogP contribution in [0.15, 0.2) is 76.5 Å². The number of benzene rings is 3. The number of ether oxygens (including phenoxy) is 1. The summed E-state index contributed by atoms with van der Waals surface area (Å²) in [5.41, 5.74) is 2.24. The molecular formula is C25H23NO2S. The van der Waals surface area contributed by atoms with E-state index in [2.05, 4.69) is 29.1 Å². The summed E-state index contributed by atoms with van der Waals surface area (Å²) in [6.07, 6.45) is 1.54. The molecule has 0 spiro atoms. The van der Waals surface area contributed by atoms with Crippen molar-refractivity contribution in [1.29, 1.82) is 0 Å². The Hall–Kier alpha value is -3.03. The smallest absolute Gasteiger partial charge is 0.332 e.